The monoisotopic (exact) mass is 524 g/mol. The molecule has 0 bridgehead atoms. The molecule has 0 fully saturated rings. The van der Waals surface area contributed by atoms with E-state index in [4.69, 9.17) is 22.1 Å². The highest BCUT2D eigenvalue weighted by atomic mass is 35.5. The van der Waals surface area contributed by atoms with Crippen LogP contribution in [0.15, 0.2) is 71.6 Å². The quantitative estimate of drug-likeness (QED) is 0.277. The minimum absolute atomic E-state index is 0.0346. The number of aromatic carboxylic acids is 1. The Labute approximate surface area is 212 Å². The zero-order valence-electron chi connectivity index (χ0n) is 19.2. The molecule has 4 N–H and O–H groups in total. The van der Waals surface area contributed by atoms with Gasteiger partial charge in [-0.1, -0.05) is 35.9 Å². The molecule has 3 aromatic carbocycles. The number of aromatic nitrogens is 2. The molecule has 0 amide bonds. The van der Waals surface area contributed by atoms with Crippen LogP contribution in [0.2, 0.25) is 5.02 Å². The molecule has 0 saturated heterocycles. The van der Waals surface area contributed by atoms with E-state index in [1.807, 2.05) is 32.0 Å². The number of aryl methyl sites for hydroxylation is 2. The summed E-state index contributed by atoms with van der Waals surface area (Å²) in [5, 5.41) is 9.46. The van der Waals surface area contributed by atoms with Gasteiger partial charge in [-0.25, -0.2) is 22.9 Å². The van der Waals surface area contributed by atoms with E-state index >= 15 is 0 Å². The van der Waals surface area contributed by atoms with Crippen LogP contribution in [0.4, 0.5) is 11.6 Å². The van der Waals surface area contributed by atoms with Gasteiger partial charge in [0, 0.05) is 17.3 Å². The molecule has 0 unspecified atom stereocenters. The zero-order valence-corrected chi connectivity index (χ0v) is 20.8. The highest BCUT2D eigenvalue weighted by Crippen LogP contribution is 2.34. The van der Waals surface area contributed by atoms with Crippen molar-refractivity contribution in [2.45, 2.75) is 18.7 Å². The molecule has 1 heterocycles. The summed E-state index contributed by atoms with van der Waals surface area (Å²) < 4.78 is 34.2. The number of benzene rings is 3. The van der Waals surface area contributed by atoms with Gasteiger partial charge in [0.1, 0.15) is 5.75 Å². The first kappa shape index (κ1) is 25.0. The number of anilines is 2. The Bertz CT molecular complexity index is 1570. The molecule has 11 heteroatoms. The summed E-state index contributed by atoms with van der Waals surface area (Å²) >= 11 is 6.21. The SMILES string of the molecule is Cc1cccc(C)c1-c1cc(Oc2cc(C(=O)O)ccc2Cl)nc(NS(=O)(=O)c2cccc(N)c2)n1. The van der Waals surface area contributed by atoms with E-state index in [0.29, 0.717) is 5.69 Å². The summed E-state index contributed by atoms with van der Waals surface area (Å²) in [4.78, 5) is 20.0. The maximum absolute atomic E-state index is 13.0. The third-order valence-electron chi connectivity index (χ3n) is 5.23. The summed E-state index contributed by atoms with van der Waals surface area (Å²) in [5.41, 5.74) is 8.93. The Kier molecular flexibility index (Phi) is 6.82. The van der Waals surface area contributed by atoms with Crippen LogP contribution in [0.3, 0.4) is 0 Å². The van der Waals surface area contributed by atoms with Crippen LogP contribution in [-0.4, -0.2) is 29.5 Å². The first-order valence-electron chi connectivity index (χ1n) is 10.6. The molecule has 0 aliphatic rings. The van der Waals surface area contributed by atoms with Crippen LogP contribution in [0.1, 0.15) is 21.5 Å². The average molecular weight is 525 g/mol. The molecule has 9 nitrogen and oxygen atoms in total. The lowest BCUT2D eigenvalue weighted by molar-refractivity contribution is 0.0696. The second-order valence-electron chi connectivity index (χ2n) is 7.91. The van der Waals surface area contributed by atoms with Crippen LogP contribution in [0, 0.1) is 13.8 Å². The summed E-state index contributed by atoms with van der Waals surface area (Å²) in [5.74, 6) is -1.42. The summed E-state index contributed by atoms with van der Waals surface area (Å²) in [6.07, 6.45) is 0. The summed E-state index contributed by atoms with van der Waals surface area (Å²) in [6, 6.07) is 17.0. The number of carboxylic acid groups (broad SMARTS) is 1. The van der Waals surface area contributed by atoms with Gasteiger partial charge in [-0.3, -0.25) is 0 Å². The van der Waals surface area contributed by atoms with Gasteiger partial charge in [-0.05, 0) is 61.4 Å². The minimum atomic E-state index is -4.09. The maximum atomic E-state index is 13.0. The Morgan fingerprint density at radius 1 is 1.00 bits per heavy atom. The maximum Gasteiger partial charge on any atom is 0.335 e. The largest absolute Gasteiger partial charge is 0.478 e. The highest BCUT2D eigenvalue weighted by Gasteiger charge is 2.20. The molecule has 0 spiro atoms. The predicted octanol–water partition coefficient (Wildman–Crippen LogP) is 5.29. The van der Waals surface area contributed by atoms with Crippen LogP contribution >= 0.6 is 11.6 Å². The molecular formula is C25H21ClN4O5S. The number of nitrogens with one attached hydrogen (secondary N) is 1. The molecule has 1 aromatic heterocycles. The van der Waals surface area contributed by atoms with Crippen molar-refractivity contribution < 1.29 is 23.1 Å². The Morgan fingerprint density at radius 3 is 2.36 bits per heavy atom. The van der Waals surface area contributed by atoms with Gasteiger partial charge in [0.25, 0.3) is 10.0 Å². The van der Waals surface area contributed by atoms with E-state index in [0.717, 1.165) is 16.7 Å². The number of nitrogens with zero attached hydrogens (tertiary/aromatic N) is 2. The summed E-state index contributed by atoms with van der Waals surface area (Å²) in [6.45, 7) is 3.80. The van der Waals surface area contributed by atoms with Gasteiger partial charge in [-0.15, -0.1) is 0 Å². The lowest BCUT2D eigenvalue weighted by atomic mass is 10.00. The Morgan fingerprint density at radius 2 is 1.69 bits per heavy atom. The predicted molar refractivity (Wildman–Crippen MR) is 137 cm³/mol. The van der Waals surface area contributed by atoms with Crippen LogP contribution < -0.4 is 15.2 Å². The highest BCUT2D eigenvalue weighted by molar-refractivity contribution is 7.92. The second-order valence-corrected chi connectivity index (χ2v) is 10.0. The standard InChI is InChI=1S/C25H21ClN4O5S/c1-14-5-3-6-15(2)23(14)20-13-22(35-21-11-16(24(31)32)9-10-19(21)26)29-25(28-20)30-36(33,34)18-8-4-7-17(27)12-18/h3-13H,27H2,1-2H3,(H,31,32)(H,28,29,30). The normalized spacial score (nSPS) is 11.2. The van der Waals surface area contributed by atoms with Gasteiger partial charge >= 0.3 is 5.97 Å². The molecule has 4 aromatic rings. The molecule has 0 aliphatic carbocycles. The van der Waals surface area contributed by atoms with Crippen LogP contribution in [0.25, 0.3) is 11.3 Å². The molecule has 0 saturated carbocycles. The van der Waals surface area contributed by atoms with Gasteiger partial charge < -0.3 is 15.6 Å². The first-order chi connectivity index (χ1) is 17.0. The molecule has 0 radical (unpaired) electrons. The average Bonchev–Trinajstić information content (AvgIpc) is 2.80. The van der Waals surface area contributed by atoms with Crippen molar-refractivity contribution in [1.29, 1.82) is 0 Å². The zero-order chi connectivity index (χ0) is 26.0. The van der Waals surface area contributed by atoms with Crippen molar-refractivity contribution in [2.75, 3.05) is 10.5 Å². The molecular weight excluding hydrogens is 504 g/mol. The lowest BCUT2D eigenvalue weighted by Gasteiger charge is -2.14. The topological polar surface area (TPSA) is 144 Å². The van der Waals surface area contributed by atoms with Crippen molar-refractivity contribution in [1.82, 2.24) is 9.97 Å². The molecule has 4 rings (SSSR count). The van der Waals surface area contributed by atoms with Crippen molar-refractivity contribution in [3.8, 4) is 22.9 Å². The van der Waals surface area contributed by atoms with E-state index in [2.05, 4.69) is 14.7 Å². The van der Waals surface area contributed by atoms with Gasteiger partial charge in [0.2, 0.25) is 11.8 Å². The Balaban J connectivity index is 1.83. The lowest BCUT2D eigenvalue weighted by Crippen LogP contribution is -2.16. The minimum Gasteiger partial charge on any atom is -0.478 e. The fourth-order valence-electron chi connectivity index (χ4n) is 3.56. The van der Waals surface area contributed by atoms with E-state index < -0.39 is 16.0 Å². The number of nitrogen functional groups attached to an aromatic ring is 1. The fraction of sp³-hybridized carbons (Fsp3) is 0.0800. The Hall–Kier alpha value is -4.15. The van der Waals surface area contributed by atoms with Gasteiger partial charge in [-0.2, -0.15) is 4.98 Å². The first-order valence-corrected chi connectivity index (χ1v) is 12.4. The fourth-order valence-corrected chi connectivity index (χ4v) is 4.71. The van der Waals surface area contributed by atoms with Crippen molar-refractivity contribution >= 4 is 39.2 Å². The number of carboxylic acids is 1. The number of nitrogens with two attached hydrogens (primary N) is 1. The number of rotatable bonds is 7. The number of sulfonamides is 1. The molecule has 0 atom stereocenters. The van der Waals surface area contributed by atoms with Crippen molar-refractivity contribution in [3.63, 3.8) is 0 Å². The van der Waals surface area contributed by atoms with E-state index in [1.165, 1.54) is 42.5 Å². The molecule has 36 heavy (non-hydrogen) atoms. The number of hydrogen-bond acceptors (Lipinski definition) is 7. The number of hydrogen-bond donors (Lipinski definition) is 3. The second kappa shape index (κ2) is 9.84. The van der Waals surface area contributed by atoms with Crippen molar-refractivity contribution in [3.05, 3.63) is 88.4 Å². The molecule has 0 aliphatic heterocycles. The van der Waals surface area contributed by atoms with E-state index in [1.54, 1.807) is 6.07 Å². The van der Waals surface area contributed by atoms with Gasteiger partial charge in [0.05, 0.1) is 21.2 Å². The third-order valence-corrected chi connectivity index (χ3v) is 6.86. The smallest absolute Gasteiger partial charge is 0.335 e. The number of halogens is 1. The van der Waals surface area contributed by atoms with E-state index in [-0.39, 0.29) is 38.7 Å². The molecule has 184 valence electrons. The van der Waals surface area contributed by atoms with Crippen LogP contribution in [-0.2, 0) is 10.0 Å². The van der Waals surface area contributed by atoms with Crippen LogP contribution in [0.5, 0.6) is 11.6 Å². The van der Waals surface area contributed by atoms with Crippen molar-refractivity contribution in [2.24, 2.45) is 0 Å². The number of carbonyl (C=O) groups is 1. The number of ether oxygens (including phenoxy) is 1. The summed E-state index contributed by atoms with van der Waals surface area (Å²) in [7, 11) is -4.09. The van der Waals surface area contributed by atoms with Gasteiger partial charge in [0.15, 0.2) is 0 Å². The van der Waals surface area contributed by atoms with E-state index in [9.17, 15) is 18.3 Å². The third kappa shape index (κ3) is 5.40.